The normalized spacial score (nSPS) is 17.6. The van der Waals surface area contributed by atoms with Crippen LogP contribution in [-0.2, 0) is 0 Å². The van der Waals surface area contributed by atoms with Crippen molar-refractivity contribution in [2.45, 2.75) is 51.9 Å². The Labute approximate surface area is 120 Å². The zero-order chi connectivity index (χ0) is 13.8. The van der Waals surface area contributed by atoms with E-state index in [-0.39, 0.29) is 0 Å². The fraction of sp³-hybridized carbons (Fsp3) is 0.733. The molecule has 19 heavy (non-hydrogen) atoms. The Morgan fingerprint density at radius 2 is 2.16 bits per heavy atom. The SMILES string of the molecule is CCC(C)c1nc(N(C)CC2CCCC2)sc1C=O. The number of carbonyl (C=O) groups is 1. The van der Waals surface area contributed by atoms with Gasteiger partial charge < -0.3 is 4.90 Å². The second-order valence-corrected chi connectivity index (χ2v) is 6.71. The van der Waals surface area contributed by atoms with Gasteiger partial charge in [-0.2, -0.15) is 0 Å². The molecule has 1 unspecified atom stereocenters. The topological polar surface area (TPSA) is 33.2 Å². The summed E-state index contributed by atoms with van der Waals surface area (Å²) in [4.78, 5) is 18.9. The molecular weight excluding hydrogens is 256 g/mol. The fourth-order valence-corrected chi connectivity index (χ4v) is 3.75. The van der Waals surface area contributed by atoms with Crippen molar-refractivity contribution in [1.29, 1.82) is 0 Å². The summed E-state index contributed by atoms with van der Waals surface area (Å²) in [7, 11) is 2.10. The minimum absolute atomic E-state index is 0.366. The van der Waals surface area contributed by atoms with Crippen molar-refractivity contribution in [2.24, 2.45) is 5.92 Å². The summed E-state index contributed by atoms with van der Waals surface area (Å²) in [6, 6.07) is 0. The van der Waals surface area contributed by atoms with Crippen LogP contribution < -0.4 is 4.90 Å². The minimum atomic E-state index is 0.366. The second-order valence-electron chi connectivity index (χ2n) is 5.70. The molecule has 4 heteroatoms. The molecule has 0 aromatic carbocycles. The largest absolute Gasteiger partial charge is 0.351 e. The third-order valence-corrected chi connectivity index (χ3v) is 5.30. The maximum Gasteiger partial charge on any atom is 0.185 e. The highest BCUT2D eigenvalue weighted by molar-refractivity contribution is 7.17. The van der Waals surface area contributed by atoms with Crippen molar-refractivity contribution >= 4 is 22.8 Å². The number of aldehydes is 1. The van der Waals surface area contributed by atoms with Crippen LogP contribution >= 0.6 is 11.3 Å². The van der Waals surface area contributed by atoms with Crippen LogP contribution in [0.15, 0.2) is 0 Å². The number of thiazole rings is 1. The van der Waals surface area contributed by atoms with Crippen LogP contribution in [-0.4, -0.2) is 24.9 Å². The quantitative estimate of drug-likeness (QED) is 0.736. The van der Waals surface area contributed by atoms with E-state index >= 15 is 0 Å². The lowest BCUT2D eigenvalue weighted by Crippen LogP contribution is -2.23. The van der Waals surface area contributed by atoms with Gasteiger partial charge in [0.2, 0.25) is 0 Å². The first-order valence-electron chi connectivity index (χ1n) is 7.32. The average Bonchev–Trinajstić information content (AvgIpc) is 3.06. The van der Waals surface area contributed by atoms with Crippen LogP contribution in [0.4, 0.5) is 5.13 Å². The number of hydrogen-bond donors (Lipinski definition) is 0. The van der Waals surface area contributed by atoms with Crippen molar-refractivity contribution < 1.29 is 4.79 Å². The van der Waals surface area contributed by atoms with E-state index in [2.05, 4.69) is 25.8 Å². The molecule has 1 aromatic heterocycles. The van der Waals surface area contributed by atoms with E-state index in [1.807, 2.05) is 0 Å². The van der Waals surface area contributed by atoms with Crippen molar-refractivity contribution in [3.63, 3.8) is 0 Å². The molecule has 0 amide bonds. The van der Waals surface area contributed by atoms with Gasteiger partial charge in [-0.3, -0.25) is 4.79 Å². The number of hydrogen-bond acceptors (Lipinski definition) is 4. The summed E-state index contributed by atoms with van der Waals surface area (Å²) in [5.41, 5.74) is 0.982. The van der Waals surface area contributed by atoms with E-state index in [1.54, 1.807) is 11.3 Å². The molecule has 3 nitrogen and oxygen atoms in total. The Morgan fingerprint density at radius 3 is 2.74 bits per heavy atom. The highest BCUT2D eigenvalue weighted by Gasteiger charge is 2.21. The van der Waals surface area contributed by atoms with Gasteiger partial charge >= 0.3 is 0 Å². The highest BCUT2D eigenvalue weighted by atomic mass is 32.1. The smallest absolute Gasteiger partial charge is 0.185 e. The second kappa shape index (κ2) is 6.51. The molecule has 1 heterocycles. The molecule has 1 atom stereocenters. The average molecular weight is 280 g/mol. The monoisotopic (exact) mass is 280 g/mol. The molecule has 106 valence electrons. The molecule has 0 N–H and O–H groups in total. The van der Waals surface area contributed by atoms with Crippen LogP contribution in [0.2, 0.25) is 0 Å². The van der Waals surface area contributed by atoms with E-state index in [0.717, 1.165) is 40.9 Å². The Balaban J connectivity index is 2.10. The summed E-state index contributed by atoms with van der Waals surface area (Å²) >= 11 is 1.54. The third-order valence-electron chi connectivity index (χ3n) is 4.19. The molecule has 2 rings (SSSR count). The van der Waals surface area contributed by atoms with Crippen LogP contribution in [0.5, 0.6) is 0 Å². The lowest BCUT2D eigenvalue weighted by Gasteiger charge is -2.20. The van der Waals surface area contributed by atoms with Gasteiger partial charge in [-0.15, -0.1) is 0 Å². The van der Waals surface area contributed by atoms with E-state index in [0.29, 0.717) is 5.92 Å². The number of rotatable bonds is 6. The van der Waals surface area contributed by atoms with Crippen molar-refractivity contribution in [1.82, 2.24) is 4.98 Å². The van der Waals surface area contributed by atoms with Gasteiger partial charge in [0.1, 0.15) is 0 Å². The summed E-state index contributed by atoms with van der Waals surface area (Å²) in [6.07, 6.45) is 7.41. The number of aromatic nitrogens is 1. The van der Waals surface area contributed by atoms with Crippen LogP contribution in [0.25, 0.3) is 0 Å². The molecule has 1 saturated carbocycles. The van der Waals surface area contributed by atoms with Crippen LogP contribution in [0.1, 0.15) is 67.2 Å². The maximum absolute atomic E-state index is 11.2. The van der Waals surface area contributed by atoms with Gasteiger partial charge in [0.25, 0.3) is 0 Å². The van der Waals surface area contributed by atoms with Gasteiger partial charge in [-0.1, -0.05) is 38.0 Å². The molecule has 0 spiro atoms. The van der Waals surface area contributed by atoms with Gasteiger partial charge in [0.15, 0.2) is 11.4 Å². The molecule has 0 bridgehead atoms. The Hall–Kier alpha value is -0.900. The molecule has 1 aliphatic carbocycles. The van der Waals surface area contributed by atoms with Gasteiger partial charge in [0, 0.05) is 13.6 Å². The molecule has 1 fully saturated rings. The van der Waals surface area contributed by atoms with Gasteiger partial charge in [-0.25, -0.2) is 4.98 Å². The summed E-state index contributed by atoms with van der Waals surface area (Å²) < 4.78 is 0. The first kappa shape index (κ1) is 14.5. The van der Waals surface area contributed by atoms with Crippen LogP contribution in [0.3, 0.4) is 0 Å². The molecule has 1 aliphatic rings. The van der Waals surface area contributed by atoms with E-state index in [9.17, 15) is 4.79 Å². The van der Waals surface area contributed by atoms with E-state index in [1.165, 1.54) is 25.7 Å². The predicted molar refractivity (Wildman–Crippen MR) is 81.4 cm³/mol. The van der Waals surface area contributed by atoms with Crippen LogP contribution in [0, 0.1) is 5.92 Å². The lowest BCUT2D eigenvalue weighted by molar-refractivity contribution is 0.112. The van der Waals surface area contributed by atoms with E-state index < -0.39 is 0 Å². The Bertz CT molecular complexity index is 424. The minimum Gasteiger partial charge on any atom is -0.351 e. The zero-order valence-electron chi connectivity index (χ0n) is 12.2. The maximum atomic E-state index is 11.2. The van der Waals surface area contributed by atoms with Gasteiger partial charge in [0.05, 0.1) is 10.6 Å². The molecule has 0 aliphatic heterocycles. The van der Waals surface area contributed by atoms with Crippen molar-refractivity contribution in [3.8, 4) is 0 Å². The predicted octanol–water partition coefficient (Wildman–Crippen LogP) is 4.10. The molecule has 1 aromatic rings. The summed E-state index contributed by atoms with van der Waals surface area (Å²) in [5, 5.41) is 1.00. The lowest BCUT2D eigenvalue weighted by atomic mass is 10.0. The Morgan fingerprint density at radius 1 is 1.47 bits per heavy atom. The van der Waals surface area contributed by atoms with E-state index in [4.69, 9.17) is 4.98 Å². The number of carbonyl (C=O) groups excluding carboxylic acids is 1. The summed E-state index contributed by atoms with van der Waals surface area (Å²) in [5.74, 6) is 1.17. The Kier molecular flexibility index (Phi) is 4.97. The molecule has 0 radical (unpaired) electrons. The highest BCUT2D eigenvalue weighted by Crippen LogP contribution is 2.32. The fourth-order valence-electron chi connectivity index (χ4n) is 2.78. The first-order valence-corrected chi connectivity index (χ1v) is 8.14. The van der Waals surface area contributed by atoms with Gasteiger partial charge in [-0.05, 0) is 31.1 Å². The number of nitrogens with zero attached hydrogens (tertiary/aromatic N) is 2. The van der Waals surface area contributed by atoms with Crippen molar-refractivity contribution in [3.05, 3.63) is 10.6 Å². The molecular formula is C15H24N2OS. The van der Waals surface area contributed by atoms with Crippen molar-refractivity contribution in [2.75, 3.05) is 18.5 Å². The standard InChI is InChI=1S/C15H24N2OS/c1-4-11(2)14-13(10-18)19-15(16-14)17(3)9-12-7-5-6-8-12/h10-12H,4-9H2,1-3H3. The summed E-state index contributed by atoms with van der Waals surface area (Å²) in [6.45, 7) is 5.36. The zero-order valence-corrected chi connectivity index (χ0v) is 13.0. The molecule has 0 saturated heterocycles. The number of anilines is 1. The first-order chi connectivity index (χ1) is 9.15. The third kappa shape index (κ3) is 3.35.